The van der Waals surface area contributed by atoms with Gasteiger partial charge in [0.2, 0.25) is 0 Å². The normalized spacial score (nSPS) is 23.4. The zero-order valence-corrected chi connectivity index (χ0v) is 12.8. The first-order valence-corrected chi connectivity index (χ1v) is 7.53. The molecule has 110 valence electrons. The summed E-state index contributed by atoms with van der Waals surface area (Å²) in [6.07, 6.45) is 4.12. The molecule has 2 rings (SSSR count). The van der Waals surface area contributed by atoms with E-state index in [0.717, 1.165) is 31.2 Å². The van der Waals surface area contributed by atoms with Crippen LogP contribution in [0.3, 0.4) is 0 Å². The van der Waals surface area contributed by atoms with Gasteiger partial charge in [-0.3, -0.25) is 4.79 Å². The van der Waals surface area contributed by atoms with Crippen molar-refractivity contribution in [3.8, 4) is 0 Å². The molecule has 1 aliphatic carbocycles. The minimum absolute atomic E-state index is 0.0181. The van der Waals surface area contributed by atoms with E-state index in [1.807, 2.05) is 24.3 Å². The fourth-order valence-electron chi connectivity index (χ4n) is 2.75. The molecule has 0 unspecified atom stereocenters. The number of hydrogen-bond acceptors (Lipinski definition) is 2. The van der Waals surface area contributed by atoms with E-state index in [9.17, 15) is 4.79 Å². The van der Waals surface area contributed by atoms with Gasteiger partial charge >= 0.3 is 0 Å². The monoisotopic (exact) mass is 274 g/mol. The second-order valence-electron chi connectivity index (χ2n) is 6.92. The topological polar surface area (TPSA) is 55.1 Å². The number of rotatable bonds is 2. The zero-order chi connectivity index (χ0) is 14.8. The van der Waals surface area contributed by atoms with Gasteiger partial charge in [0.1, 0.15) is 0 Å². The number of hydrogen-bond donors (Lipinski definition) is 2. The number of carbonyl (C=O) groups is 1. The van der Waals surface area contributed by atoms with E-state index in [4.69, 9.17) is 5.73 Å². The molecule has 1 aromatic rings. The predicted octanol–water partition coefficient (Wildman–Crippen LogP) is 2.98. The van der Waals surface area contributed by atoms with Crippen molar-refractivity contribution in [2.24, 2.45) is 5.73 Å². The van der Waals surface area contributed by atoms with Gasteiger partial charge in [-0.15, -0.1) is 0 Å². The largest absolute Gasteiger partial charge is 0.349 e. The highest BCUT2D eigenvalue weighted by atomic mass is 16.1. The molecular weight excluding hydrogens is 248 g/mol. The molecule has 0 heterocycles. The van der Waals surface area contributed by atoms with Crippen LogP contribution in [-0.2, 0) is 5.41 Å². The molecule has 0 radical (unpaired) electrons. The molecule has 1 aromatic carbocycles. The van der Waals surface area contributed by atoms with Gasteiger partial charge in [-0.05, 0) is 48.8 Å². The maximum atomic E-state index is 12.2. The van der Waals surface area contributed by atoms with E-state index in [-0.39, 0.29) is 23.4 Å². The van der Waals surface area contributed by atoms with Crippen LogP contribution in [0, 0.1) is 0 Å². The van der Waals surface area contributed by atoms with E-state index >= 15 is 0 Å². The van der Waals surface area contributed by atoms with Crippen LogP contribution in [0.5, 0.6) is 0 Å². The first-order valence-electron chi connectivity index (χ1n) is 7.53. The number of carbonyl (C=O) groups excluding carboxylic acids is 1. The summed E-state index contributed by atoms with van der Waals surface area (Å²) in [6, 6.07) is 8.38. The Morgan fingerprint density at radius 1 is 1.20 bits per heavy atom. The lowest BCUT2D eigenvalue weighted by atomic mass is 9.86. The second kappa shape index (κ2) is 5.96. The van der Waals surface area contributed by atoms with Crippen LogP contribution in [0.15, 0.2) is 24.3 Å². The quantitative estimate of drug-likeness (QED) is 0.871. The predicted molar refractivity (Wildman–Crippen MR) is 82.8 cm³/mol. The van der Waals surface area contributed by atoms with Gasteiger partial charge < -0.3 is 11.1 Å². The van der Waals surface area contributed by atoms with Crippen molar-refractivity contribution in [1.29, 1.82) is 0 Å². The summed E-state index contributed by atoms with van der Waals surface area (Å²) in [5.41, 5.74) is 8.05. The van der Waals surface area contributed by atoms with Gasteiger partial charge in [0.25, 0.3) is 5.91 Å². The molecular formula is C17H26N2O. The van der Waals surface area contributed by atoms with Gasteiger partial charge in [-0.2, -0.15) is 0 Å². The van der Waals surface area contributed by atoms with Crippen molar-refractivity contribution in [3.05, 3.63) is 35.4 Å². The fourth-order valence-corrected chi connectivity index (χ4v) is 2.75. The van der Waals surface area contributed by atoms with Gasteiger partial charge in [0.05, 0.1) is 0 Å². The Labute approximate surface area is 121 Å². The Hall–Kier alpha value is -1.35. The van der Waals surface area contributed by atoms with E-state index in [1.54, 1.807) is 0 Å². The van der Waals surface area contributed by atoms with E-state index in [1.165, 1.54) is 5.56 Å². The van der Waals surface area contributed by atoms with Crippen molar-refractivity contribution in [2.75, 3.05) is 0 Å². The molecule has 1 aliphatic rings. The number of amides is 1. The number of nitrogens with one attached hydrogen (secondary N) is 1. The Morgan fingerprint density at radius 3 is 2.40 bits per heavy atom. The highest BCUT2D eigenvalue weighted by Gasteiger charge is 2.21. The molecule has 1 fully saturated rings. The van der Waals surface area contributed by atoms with Crippen molar-refractivity contribution in [3.63, 3.8) is 0 Å². The lowest BCUT2D eigenvalue weighted by molar-refractivity contribution is 0.0925. The van der Waals surface area contributed by atoms with Crippen LogP contribution in [0.1, 0.15) is 62.4 Å². The highest BCUT2D eigenvalue weighted by Crippen LogP contribution is 2.22. The summed E-state index contributed by atoms with van der Waals surface area (Å²) < 4.78 is 0. The molecule has 2 atom stereocenters. The van der Waals surface area contributed by atoms with Crippen LogP contribution in [-0.4, -0.2) is 18.0 Å². The Kier molecular flexibility index (Phi) is 4.48. The Balaban J connectivity index is 1.99. The Bertz CT molecular complexity index is 459. The third-order valence-electron chi connectivity index (χ3n) is 4.06. The summed E-state index contributed by atoms with van der Waals surface area (Å²) in [6.45, 7) is 6.52. The lowest BCUT2D eigenvalue weighted by Crippen LogP contribution is -2.42. The van der Waals surface area contributed by atoms with Crippen LogP contribution in [0.25, 0.3) is 0 Å². The SMILES string of the molecule is CC(C)(C)c1ccc(C(=O)N[C@@H]2CCC[C@H](N)C2)cc1. The first-order chi connectivity index (χ1) is 9.36. The molecule has 0 saturated heterocycles. The van der Waals surface area contributed by atoms with Crippen molar-refractivity contribution in [2.45, 2.75) is 64.0 Å². The van der Waals surface area contributed by atoms with Crippen LogP contribution >= 0.6 is 0 Å². The van der Waals surface area contributed by atoms with Gasteiger partial charge in [-0.1, -0.05) is 32.9 Å². The average Bonchev–Trinajstić information content (AvgIpc) is 2.38. The molecule has 1 saturated carbocycles. The highest BCUT2D eigenvalue weighted by molar-refractivity contribution is 5.94. The summed E-state index contributed by atoms with van der Waals surface area (Å²) in [4.78, 5) is 12.2. The van der Waals surface area contributed by atoms with Crippen molar-refractivity contribution >= 4 is 5.91 Å². The summed E-state index contributed by atoms with van der Waals surface area (Å²) in [5.74, 6) is 0.0181. The van der Waals surface area contributed by atoms with Crippen LogP contribution in [0.4, 0.5) is 0 Å². The average molecular weight is 274 g/mol. The lowest BCUT2D eigenvalue weighted by Gasteiger charge is -2.27. The minimum Gasteiger partial charge on any atom is -0.349 e. The first kappa shape index (κ1) is 15.0. The standard InChI is InChI=1S/C17H26N2O/c1-17(2,3)13-9-7-12(8-10-13)16(20)19-15-6-4-5-14(18)11-15/h7-10,14-15H,4-6,11,18H2,1-3H3,(H,19,20)/t14-,15+/m0/s1. The van der Waals surface area contributed by atoms with Crippen molar-refractivity contribution < 1.29 is 4.79 Å². The maximum Gasteiger partial charge on any atom is 0.251 e. The molecule has 0 spiro atoms. The minimum atomic E-state index is 0.0181. The second-order valence-corrected chi connectivity index (χ2v) is 6.92. The third kappa shape index (κ3) is 3.83. The van der Waals surface area contributed by atoms with E-state index in [0.29, 0.717) is 0 Å². The summed E-state index contributed by atoms with van der Waals surface area (Å²) >= 11 is 0. The maximum absolute atomic E-state index is 12.2. The molecule has 3 N–H and O–H groups in total. The van der Waals surface area contributed by atoms with Gasteiger partial charge in [0.15, 0.2) is 0 Å². The van der Waals surface area contributed by atoms with Crippen molar-refractivity contribution in [1.82, 2.24) is 5.32 Å². The Morgan fingerprint density at radius 2 is 1.85 bits per heavy atom. The fraction of sp³-hybridized carbons (Fsp3) is 0.588. The molecule has 3 nitrogen and oxygen atoms in total. The van der Waals surface area contributed by atoms with Crippen LogP contribution in [0.2, 0.25) is 0 Å². The van der Waals surface area contributed by atoms with Crippen LogP contribution < -0.4 is 11.1 Å². The summed E-state index contributed by atoms with van der Waals surface area (Å²) in [7, 11) is 0. The molecule has 0 bridgehead atoms. The number of nitrogens with two attached hydrogens (primary N) is 1. The van der Waals surface area contributed by atoms with E-state index < -0.39 is 0 Å². The number of benzene rings is 1. The molecule has 3 heteroatoms. The zero-order valence-electron chi connectivity index (χ0n) is 12.8. The third-order valence-corrected chi connectivity index (χ3v) is 4.06. The molecule has 0 aromatic heterocycles. The van der Waals surface area contributed by atoms with E-state index in [2.05, 4.69) is 26.1 Å². The smallest absolute Gasteiger partial charge is 0.251 e. The van der Waals surface area contributed by atoms with Gasteiger partial charge in [0, 0.05) is 17.6 Å². The van der Waals surface area contributed by atoms with Gasteiger partial charge in [-0.25, -0.2) is 0 Å². The molecule has 0 aliphatic heterocycles. The summed E-state index contributed by atoms with van der Waals surface area (Å²) in [5, 5.41) is 3.10. The molecule has 1 amide bonds. The molecule has 20 heavy (non-hydrogen) atoms.